The summed E-state index contributed by atoms with van der Waals surface area (Å²) in [5.41, 5.74) is 4.72. The average Bonchev–Trinajstić information content (AvgIpc) is 3.22. The van der Waals surface area contributed by atoms with Crippen LogP contribution in [0, 0.1) is 6.92 Å². The highest BCUT2D eigenvalue weighted by molar-refractivity contribution is 6.10. The van der Waals surface area contributed by atoms with Gasteiger partial charge in [0.25, 0.3) is 0 Å². The van der Waals surface area contributed by atoms with E-state index < -0.39 is 0 Å². The van der Waals surface area contributed by atoms with Gasteiger partial charge in [-0.25, -0.2) is 4.79 Å². The standard InChI is InChI=1S/C17H17N3O3/c1-9-5-12(20-23-9)8-22-17(21)13-6-14(11-3-4-11)19-15-7-18-10(2)16(13)15/h5-6,11H,3-4,7-8H2,1-2H3. The van der Waals surface area contributed by atoms with E-state index in [-0.39, 0.29) is 12.6 Å². The molecule has 1 aliphatic heterocycles. The molecule has 0 saturated heterocycles. The lowest BCUT2D eigenvalue weighted by atomic mass is 10.0. The first-order valence-electron chi connectivity index (χ1n) is 7.76. The van der Waals surface area contributed by atoms with Crippen LogP contribution in [-0.2, 0) is 17.9 Å². The summed E-state index contributed by atoms with van der Waals surface area (Å²) < 4.78 is 10.4. The van der Waals surface area contributed by atoms with E-state index in [0.717, 1.165) is 35.5 Å². The van der Waals surface area contributed by atoms with Gasteiger partial charge in [0.2, 0.25) is 0 Å². The Morgan fingerprint density at radius 3 is 2.87 bits per heavy atom. The average molecular weight is 311 g/mol. The Morgan fingerprint density at radius 2 is 2.17 bits per heavy atom. The zero-order valence-electron chi connectivity index (χ0n) is 13.1. The molecular formula is C17H17N3O3. The number of aromatic nitrogens is 2. The predicted molar refractivity (Wildman–Crippen MR) is 82.5 cm³/mol. The van der Waals surface area contributed by atoms with Crippen molar-refractivity contribution in [2.75, 3.05) is 0 Å². The Morgan fingerprint density at radius 1 is 1.35 bits per heavy atom. The maximum absolute atomic E-state index is 12.6. The van der Waals surface area contributed by atoms with Gasteiger partial charge in [-0.1, -0.05) is 5.16 Å². The molecule has 0 radical (unpaired) electrons. The molecule has 0 atom stereocenters. The van der Waals surface area contributed by atoms with Gasteiger partial charge in [-0.05, 0) is 32.8 Å². The Hall–Kier alpha value is -2.50. The van der Waals surface area contributed by atoms with Gasteiger partial charge >= 0.3 is 5.97 Å². The van der Waals surface area contributed by atoms with Gasteiger partial charge in [0, 0.05) is 29.0 Å². The largest absolute Gasteiger partial charge is 0.455 e. The Balaban J connectivity index is 1.61. The number of rotatable bonds is 4. The van der Waals surface area contributed by atoms with Crippen LogP contribution in [0.25, 0.3) is 0 Å². The Bertz CT molecular complexity index is 818. The number of nitrogens with zero attached hydrogens (tertiary/aromatic N) is 3. The van der Waals surface area contributed by atoms with Crippen molar-refractivity contribution in [1.82, 2.24) is 10.1 Å². The molecule has 1 fully saturated rings. The van der Waals surface area contributed by atoms with Crippen molar-refractivity contribution in [3.63, 3.8) is 0 Å². The van der Waals surface area contributed by atoms with Crippen LogP contribution >= 0.6 is 0 Å². The third kappa shape index (κ3) is 2.65. The first-order valence-corrected chi connectivity index (χ1v) is 7.76. The second-order valence-electron chi connectivity index (χ2n) is 6.10. The molecule has 2 aliphatic rings. The third-order valence-electron chi connectivity index (χ3n) is 4.19. The molecule has 0 amide bonds. The minimum absolute atomic E-state index is 0.0994. The fraction of sp³-hybridized carbons (Fsp3) is 0.412. The summed E-state index contributed by atoms with van der Waals surface area (Å²) in [6.45, 7) is 4.35. The van der Waals surface area contributed by atoms with Crippen molar-refractivity contribution in [2.24, 2.45) is 4.99 Å². The minimum atomic E-state index is -0.359. The monoisotopic (exact) mass is 311 g/mol. The number of carbonyl (C=O) groups is 1. The van der Waals surface area contributed by atoms with E-state index in [0.29, 0.717) is 29.5 Å². The van der Waals surface area contributed by atoms with E-state index in [1.807, 2.05) is 13.0 Å². The van der Waals surface area contributed by atoms with Crippen molar-refractivity contribution in [3.05, 3.63) is 46.1 Å². The molecule has 0 bridgehead atoms. The molecule has 2 aromatic rings. The first kappa shape index (κ1) is 14.1. The van der Waals surface area contributed by atoms with E-state index in [1.54, 1.807) is 13.0 Å². The minimum Gasteiger partial charge on any atom is -0.455 e. The van der Waals surface area contributed by atoms with E-state index in [4.69, 9.17) is 9.26 Å². The summed E-state index contributed by atoms with van der Waals surface area (Å²) in [6, 6.07) is 3.63. The third-order valence-corrected chi connectivity index (χ3v) is 4.19. The number of pyridine rings is 1. The summed E-state index contributed by atoms with van der Waals surface area (Å²) in [7, 11) is 0. The SMILES string of the molecule is CC1=NCc2nc(C3CC3)cc(C(=O)OCc3cc(C)on3)c21. The number of ether oxygens (including phenoxy) is 1. The van der Waals surface area contributed by atoms with E-state index in [1.165, 1.54) is 0 Å². The van der Waals surface area contributed by atoms with Crippen LogP contribution in [0.3, 0.4) is 0 Å². The molecule has 6 heteroatoms. The second kappa shape index (κ2) is 5.30. The molecule has 23 heavy (non-hydrogen) atoms. The van der Waals surface area contributed by atoms with Crippen LogP contribution in [0.2, 0.25) is 0 Å². The molecule has 118 valence electrons. The normalized spacial score (nSPS) is 16.2. The number of aliphatic imine (C=N–C) groups is 1. The van der Waals surface area contributed by atoms with Gasteiger partial charge in [0.05, 0.1) is 17.8 Å². The van der Waals surface area contributed by atoms with Crippen molar-refractivity contribution in [2.45, 2.75) is 45.8 Å². The Labute approximate surface area is 133 Å². The number of aryl methyl sites for hydroxylation is 1. The molecule has 0 N–H and O–H groups in total. The second-order valence-corrected chi connectivity index (χ2v) is 6.10. The molecule has 0 unspecified atom stereocenters. The lowest BCUT2D eigenvalue weighted by Gasteiger charge is -2.10. The van der Waals surface area contributed by atoms with Gasteiger partial charge in [0.15, 0.2) is 0 Å². The van der Waals surface area contributed by atoms with Gasteiger partial charge < -0.3 is 9.26 Å². The van der Waals surface area contributed by atoms with Gasteiger partial charge in [-0.2, -0.15) is 0 Å². The summed E-state index contributed by atoms with van der Waals surface area (Å²) in [5, 5.41) is 3.84. The highest BCUT2D eigenvalue weighted by atomic mass is 16.5. The number of carbonyl (C=O) groups excluding carboxylic acids is 1. The van der Waals surface area contributed by atoms with Crippen molar-refractivity contribution in [1.29, 1.82) is 0 Å². The van der Waals surface area contributed by atoms with E-state index in [2.05, 4.69) is 15.1 Å². The van der Waals surface area contributed by atoms with Gasteiger partial charge in [0.1, 0.15) is 18.1 Å². The number of fused-ring (bicyclic) bond motifs is 1. The van der Waals surface area contributed by atoms with E-state index >= 15 is 0 Å². The van der Waals surface area contributed by atoms with Crippen LogP contribution in [0.5, 0.6) is 0 Å². The topological polar surface area (TPSA) is 77.6 Å². The maximum atomic E-state index is 12.6. The predicted octanol–water partition coefficient (Wildman–Crippen LogP) is 2.94. The summed E-state index contributed by atoms with van der Waals surface area (Å²) in [4.78, 5) is 21.7. The highest BCUT2D eigenvalue weighted by Crippen LogP contribution is 2.40. The zero-order valence-corrected chi connectivity index (χ0v) is 13.1. The number of esters is 1. The molecule has 1 saturated carbocycles. The molecular weight excluding hydrogens is 294 g/mol. The summed E-state index contributed by atoms with van der Waals surface area (Å²) >= 11 is 0. The molecule has 0 aromatic carbocycles. The number of hydrogen-bond acceptors (Lipinski definition) is 6. The molecule has 2 aromatic heterocycles. The fourth-order valence-electron chi connectivity index (χ4n) is 2.86. The zero-order chi connectivity index (χ0) is 16.0. The molecule has 1 aliphatic carbocycles. The van der Waals surface area contributed by atoms with Crippen molar-refractivity contribution in [3.8, 4) is 0 Å². The van der Waals surface area contributed by atoms with Gasteiger partial charge in [-0.15, -0.1) is 0 Å². The van der Waals surface area contributed by atoms with Crippen LogP contribution in [0.4, 0.5) is 0 Å². The maximum Gasteiger partial charge on any atom is 0.339 e. The van der Waals surface area contributed by atoms with Crippen LogP contribution in [0.1, 0.15) is 64.4 Å². The lowest BCUT2D eigenvalue weighted by molar-refractivity contribution is 0.0463. The fourth-order valence-corrected chi connectivity index (χ4v) is 2.86. The quantitative estimate of drug-likeness (QED) is 0.811. The number of hydrogen-bond donors (Lipinski definition) is 0. The lowest BCUT2D eigenvalue weighted by Crippen LogP contribution is -2.13. The summed E-state index contributed by atoms with van der Waals surface area (Å²) in [5.74, 6) is 0.813. The molecule has 0 spiro atoms. The molecule has 4 rings (SSSR count). The van der Waals surface area contributed by atoms with Crippen LogP contribution in [-0.4, -0.2) is 21.8 Å². The Kier molecular flexibility index (Phi) is 3.25. The molecule has 6 nitrogen and oxygen atoms in total. The summed E-state index contributed by atoms with van der Waals surface area (Å²) in [6.07, 6.45) is 2.27. The van der Waals surface area contributed by atoms with Crippen LogP contribution in [0.15, 0.2) is 21.6 Å². The van der Waals surface area contributed by atoms with E-state index in [9.17, 15) is 4.79 Å². The van der Waals surface area contributed by atoms with Gasteiger partial charge in [-0.3, -0.25) is 9.98 Å². The smallest absolute Gasteiger partial charge is 0.339 e. The van der Waals surface area contributed by atoms with Crippen molar-refractivity contribution >= 4 is 11.7 Å². The van der Waals surface area contributed by atoms with Crippen molar-refractivity contribution < 1.29 is 14.1 Å². The first-order chi connectivity index (χ1) is 11.1. The van der Waals surface area contributed by atoms with Crippen LogP contribution < -0.4 is 0 Å². The molecule has 3 heterocycles. The highest BCUT2D eigenvalue weighted by Gasteiger charge is 2.30.